The normalized spacial score (nSPS) is 40.8. The minimum atomic E-state index is -4.21. The van der Waals surface area contributed by atoms with Crippen LogP contribution in [-0.4, -0.2) is 18.9 Å². The van der Waals surface area contributed by atoms with E-state index >= 15 is 0 Å². The molecule has 2 rings (SSSR count). The molecule has 0 bridgehead atoms. The quantitative estimate of drug-likeness (QED) is 0.631. The summed E-state index contributed by atoms with van der Waals surface area (Å²) in [6, 6.07) is 0. The first kappa shape index (κ1) is 10.0. The van der Waals surface area contributed by atoms with Gasteiger partial charge in [0.05, 0.1) is 6.10 Å². The fourth-order valence-corrected chi connectivity index (χ4v) is 2.24. The van der Waals surface area contributed by atoms with Gasteiger partial charge in [0.2, 0.25) is 0 Å². The average molecular weight is 206 g/mol. The molecule has 0 aromatic rings. The molecule has 0 aromatic carbocycles. The Hall–Kier alpha value is -0.510. The van der Waals surface area contributed by atoms with Crippen molar-refractivity contribution in [3.05, 3.63) is 11.6 Å². The summed E-state index contributed by atoms with van der Waals surface area (Å²) in [5.74, 6) is 0.282. The second-order valence-corrected chi connectivity index (χ2v) is 4.47. The highest BCUT2D eigenvalue weighted by molar-refractivity contribution is 5.33. The van der Waals surface area contributed by atoms with Gasteiger partial charge in [0.15, 0.2) is 0 Å². The zero-order valence-corrected chi connectivity index (χ0v) is 8.19. The second kappa shape index (κ2) is 2.75. The number of rotatable bonds is 2. The topological polar surface area (TPSA) is 9.23 Å². The van der Waals surface area contributed by atoms with Crippen molar-refractivity contribution in [1.82, 2.24) is 0 Å². The zero-order chi connectivity index (χ0) is 10.6. The monoisotopic (exact) mass is 206 g/mol. The summed E-state index contributed by atoms with van der Waals surface area (Å²) in [4.78, 5) is 0. The van der Waals surface area contributed by atoms with Crippen molar-refractivity contribution in [2.24, 2.45) is 11.3 Å². The molecule has 80 valence electrons. The summed E-state index contributed by atoms with van der Waals surface area (Å²) in [5, 5.41) is 0. The summed E-state index contributed by atoms with van der Waals surface area (Å²) in [5.41, 5.74) is 1.31. The first-order valence-electron chi connectivity index (χ1n) is 4.70. The fourth-order valence-electron chi connectivity index (χ4n) is 2.24. The lowest BCUT2D eigenvalue weighted by Crippen LogP contribution is -2.22. The number of fused-ring (bicyclic) bond motifs is 1. The molecule has 2 aliphatic rings. The molecule has 14 heavy (non-hydrogen) atoms. The first-order valence-corrected chi connectivity index (χ1v) is 4.70. The SMILES string of the molecule is CC1=C[C@@H](OCC(F)(F)F)C2C[C@@]12C. The lowest BCUT2D eigenvalue weighted by Gasteiger charge is -2.13. The van der Waals surface area contributed by atoms with E-state index in [0.29, 0.717) is 0 Å². The molecular formula is C10H13F3O. The summed E-state index contributed by atoms with van der Waals surface area (Å²) in [6.07, 6.45) is -1.73. The van der Waals surface area contributed by atoms with Crippen LogP contribution in [0.1, 0.15) is 20.3 Å². The number of alkyl halides is 3. The van der Waals surface area contributed by atoms with E-state index in [1.165, 1.54) is 5.57 Å². The van der Waals surface area contributed by atoms with Crippen molar-refractivity contribution in [1.29, 1.82) is 0 Å². The van der Waals surface area contributed by atoms with Crippen molar-refractivity contribution in [3.8, 4) is 0 Å². The van der Waals surface area contributed by atoms with E-state index in [1.54, 1.807) is 0 Å². The van der Waals surface area contributed by atoms with Gasteiger partial charge < -0.3 is 4.74 Å². The molecule has 0 amide bonds. The molecule has 1 nitrogen and oxygen atoms in total. The maximum Gasteiger partial charge on any atom is 0.411 e. The predicted octanol–water partition coefficient (Wildman–Crippen LogP) is 2.92. The third-order valence-corrected chi connectivity index (χ3v) is 3.45. The van der Waals surface area contributed by atoms with Crippen molar-refractivity contribution >= 4 is 0 Å². The summed E-state index contributed by atoms with van der Waals surface area (Å²) < 4.78 is 40.5. The Morgan fingerprint density at radius 2 is 2.21 bits per heavy atom. The highest BCUT2D eigenvalue weighted by Gasteiger charge is 2.59. The van der Waals surface area contributed by atoms with Crippen molar-refractivity contribution in [2.75, 3.05) is 6.61 Å². The number of allylic oxidation sites excluding steroid dienone is 1. The molecule has 1 fully saturated rings. The van der Waals surface area contributed by atoms with Gasteiger partial charge in [-0.05, 0) is 24.7 Å². The van der Waals surface area contributed by atoms with Crippen LogP contribution in [0.15, 0.2) is 11.6 Å². The van der Waals surface area contributed by atoms with Gasteiger partial charge in [-0.15, -0.1) is 0 Å². The van der Waals surface area contributed by atoms with Crippen LogP contribution in [-0.2, 0) is 4.74 Å². The van der Waals surface area contributed by atoms with E-state index < -0.39 is 12.8 Å². The third kappa shape index (κ3) is 1.56. The van der Waals surface area contributed by atoms with Crippen LogP contribution in [0.3, 0.4) is 0 Å². The zero-order valence-electron chi connectivity index (χ0n) is 8.19. The van der Waals surface area contributed by atoms with E-state index in [0.717, 1.165) is 6.42 Å². The number of halogens is 3. The van der Waals surface area contributed by atoms with E-state index in [1.807, 2.05) is 13.0 Å². The molecule has 1 unspecified atom stereocenters. The molecule has 0 heterocycles. The minimum absolute atomic E-state index is 0.135. The Morgan fingerprint density at radius 1 is 1.57 bits per heavy atom. The maximum atomic E-state index is 11.9. The molecule has 0 N–H and O–H groups in total. The van der Waals surface area contributed by atoms with Gasteiger partial charge >= 0.3 is 6.18 Å². The van der Waals surface area contributed by atoms with Crippen LogP contribution in [0, 0.1) is 11.3 Å². The molecule has 0 radical (unpaired) electrons. The maximum absolute atomic E-state index is 11.9. The summed E-state index contributed by atoms with van der Waals surface area (Å²) in [6.45, 7) is 2.92. The lowest BCUT2D eigenvalue weighted by atomic mass is 10.0. The van der Waals surface area contributed by atoms with Gasteiger partial charge in [-0.1, -0.05) is 18.6 Å². The molecule has 0 spiro atoms. The van der Waals surface area contributed by atoms with Crippen LogP contribution in [0.5, 0.6) is 0 Å². The fraction of sp³-hybridized carbons (Fsp3) is 0.800. The van der Waals surface area contributed by atoms with Crippen LogP contribution in [0.25, 0.3) is 0 Å². The summed E-state index contributed by atoms with van der Waals surface area (Å²) in [7, 11) is 0. The van der Waals surface area contributed by atoms with Crippen molar-refractivity contribution < 1.29 is 17.9 Å². The van der Waals surface area contributed by atoms with Gasteiger partial charge in [0, 0.05) is 0 Å². The van der Waals surface area contributed by atoms with E-state index in [2.05, 4.69) is 6.92 Å². The van der Waals surface area contributed by atoms with Gasteiger partial charge in [0.25, 0.3) is 0 Å². The molecule has 4 heteroatoms. The Morgan fingerprint density at radius 3 is 2.57 bits per heavy atom. The highest BCUT2D eigenvalue weighted by atomic mass is 19.4. The standard InChI is InChI=1S/C10H13F3O/c1-6-3-8(7-4-9(6,7)2)14-5-10(11,12)13/h3,7-8H,4-5H2,1-2H3/t7?,8-,9+/m1/s1. The van der Waals surface area contributed by atoms with Crippen molar-refractivity contribution in [3.63, 3.8) is 0 Å². The largest absolute Gasteiger partial charge is 0.411 e. The first-order chi connectivity index (χ1) is 6.33. The van der Waals surface area contributed by atoms with Crippen molar-refractivity contribution in [2.45, 2.75) is 32.5 Å². The molecule has 0 saturated heterocycles. The predicted molar refractivity (Wildman–Crippen MR) is 45.8 cm³/mol. The van der Waals surface area contributed by atoms with Crippen LogP contribution in [0.4, 0.5) is 13.2 Å². The van der Waals surface area contributed by atoms with E-state index in [-0.39, 0.29) is 17.4 Å². The molecule has 0 aromatic heterocycles. The Labute approximate surface area is 80.9 Å². The number of ether oxygens (including phenoxy) is 1. The smallest absolute Gasteiger partial charge is 0.364 e. The second-order valence-electron chi connectivity index (χ2n) is 4.47. The minimum Gasteiger partial charge on any atom is -0.364 e. The average Bonchev–Trinajstić information content (AvgIpc) is 2.65. The van der Waals surface area contributed by atoms with Gasteiger partial charge in [-0.2, -0.15) is 13.2 Å². The van der Waals surface area contributed by atoms with E-state index in [9.17, 15) is 13.2 Å². The van der Waals surface area contributed by atoms with Crippen LogP contribution >= 0.6 is 0 Å². The van der Waals surface area contributed by atoms with Gasteiger partial charge in [0.1, 0.15) is 6.61 Å². The van der Waals surface area contributed by atoms with Gasteiger partial charge in [-0.25, -0.2) is 0 Å². The van der Waals surface area contributed by atoms with Gasteiger partial charge in [-0.3, -0.25) is 0 Å². The molecule has 3 atom stereocenters. The Kier molecular flexibility index (Phi) is 1.97. The lowest BCUT2D eigenvalue weighted by molar-refractivity contribution is -0.182. The molecule has 0 aliphatic heterocycles. The Bertz CT molecular complexity index is 282. The molecule has 2 aliphatic carbocycles. The number of hydrogen-bond acceptors (Lipinski definition) is 1. The molecular weight excluding hydrogens is 193 g/mol. The highest BCUT2D eigenvalue weighted by Crippen LogP contribution is 2.64. The Balaban J connectivity index is 1.91. The number of hydrogen-bond donors (Lipinski definition) is 0. The summed E-state index contributed by atoms with van der Waals surface area (Å²) >= 11 is 0. The van der Waals surface area contributed by atoms with Crippen LogP contribution < -0.4 is 0 Å². The van der Waals surface area contributed by atoms with Crippen LogP contribution in [0.2, 0.25) is 0 Å². The third-order valence-electron chi connectivity index (χ3n) is 3.45. The van der Waals surface area contributed by atoms with E-state index in [4.69, 9.17) is 4.74 Å². The molecule has 1 saturated carbocycles.